The average molecular weight is 325 g/mol. The Balaban J connectivity index is 1.80. The Morgan fingerprint density at radius 2 is 2.21 bits per heavy atom. The Morgan fingerprint density at radius 3 is 3.05 bits per heavy atom. The predicted molar refractivity (Wildman–Crippen MR) is 77.1 cm³/mol. The second-order valence-corrected chi connectivity index (χ2v) is 5.98. The van der Waals surface area contributed by atoms with Gasteiger partial charge in [0, 0.05) is 29.2 Å². The van der Waals surface area contributed by atoms with Gasteiger partial charge in [-0.15, -0.1) is 5.10 Å². The SMILES string of the molecule is OCC1CCCCC1Nc1nc2ccc(Br)cn2n1. The minimum atomic E-state index is 0.233. The first-order valence-electron chi connectivity index (χ1n) is 6.65. The van der Waals surface area contributed by atoms with Gasteiger partial charge in [0.1, 0.15) is 0 Å². The van der Waals surface area contributed by atoms with Crippen LogP contribution in [0.15, 0.2) is 22.8 Å². The Morgan fingerprint density at radius 1 is 1.37 bits per heavy atom. The largest absolute Gasteiger partial charge is 0.396 e. The van der Waals surface area contributed by atoms with Crippen molar-refractivity contribution in [2.45, 2.75) is 31.7 Å². The molecule has 1 aliphatic carbocycles. The molecule has 2 atom stereocenters. The summed E-state index contributed by atoms with van der Waals surface area (Å²) in [4.78, 5) is 4.45. The van der Waals surface area contributed by atoms with Gasteiger partial charge < -0.3 is 10.4 Å². The normalized spacial score (nSPS) is 23.7. The molecule has 0 bridgehead atoms. The Bertz CT molecular complexity index is 571. The predicted octanol–water partition coefficient (Wildman–Crippen LogP) is 2.45. The fraction of sp³-hybridized carbons (Fsp3) is 0.538. The van der Waals surface area contributed by atoms with E-state index in [0.717, 1.165) is 23.0 Å². The first-order valence-corrected chi connectivity index (χ1v) is 7.45. The second kappa shape index (κ2) is 5.46. The molecule has 0 spiro atoms. The molecule has 0 saturated heterocycles. The van der Waals surface area contributed by atoms with Crippen LogP contribution in [0, 0.1) is 5.92 Å². The molecule has 2 unspecified atom stereocenters. The summed E-state index contributed by atoms with van der Waals surface area (Å²) in [5, 5.41) is 17.2. The lowest BCUT2D eigenvalue weighted by Crippen LogP contribution is -2.34. The Hall–Kier alpha value is -1.14. The number of anilines is 1. The highest BCUT2D eigenvalue weighted by Crippen LogP contribution is 2.26. The summed E-state index contributed by atoms with van der Waals surface area (Å²) >= 11 is 3.42. The van der Waals surface area contributed by atoms with E-state index in [1.165, 1.54) is 12.8 Å². The molecule has 0 aliphatic heterocycles. The molecule has 1 saturated carbocycles. The Labute approximate surface area is 120 Å². The molecular formula is C13H17BrN4O. The molecule has 1 aliphatic rings. The molecule has 3 rings (SSSR count). The van der Waals surface area contributed by atoms with Crippen LogP contribution in [0.25, 0.3) is 5.65 Å². The van der Waals surface area contributed by atoms with E-state index in [1.54, 1.807) is 4.52 Å². The van der Waals surface area contributed by atoms with Gasteiger partial charge in [0.2, 0.25) is 5.95 Å². The number of aliphatic hydroxyl groups is 1. The zero-order valence-corrected chi connectivity index (χ0v) is 12.2. The van der Waals surface area contributed by atoms with Crippen molar-refractivity contribution in [2.24, 2.45) is 5.92 Å². The van der Waals surface area contributed by atoms with Gasteiger partial charge in [-0.3, -0.25) is 0 Å². The van der Waals surface area contributed by atoms with Crippen LogP contribution in [0.3, 0.4) is 0 Å². The van der Waals surface area contributed by atoms with E-state index in [9.17, 15) is 5.11 Å². The molecule has 102 valence electrons. The second-order valence-electron chi connectivity index (χ2n) is 5.06. The van der Waals surface area contributed by atoms with Gasteiger partial charge in [-0.2, -0.15) is 4.98 Å². The first kappa shape index (κ1) is 12.9. The number of hydrogen-bond donors (Lipinski definition) is 2. The number of nitrogens with zero attached hydrogens (tertiary/aromatic N) is 3. The highest BCUT2D eigenvalue weighted by atomic mass is 79.9. The van der Waals surface area contributed by atoms with Gasteiger partial charge in [-0.25, -0.2) is 4.52 Å². The van der Waals surface area contributed by atoms with Crippen molar-refractivity contribution in [1.82, 2.24) is 14.6 Å². The lowest BCUT2D eigenvalue weighted by molar-refractivity contribution is 0.178. The van der Waals surface area contributed by atoms with E-state index < -0.39 is 0 Å². The van der Waals surface area contributed by atoms with E-state index in [0.29, 0.717) is 11.9 Å². The zero-order valence-electron chi connectivity index (χ0n) is 10.6. The van der Waals surface area contributed by atoms with Crippen molar-refractivity contribution in [3.63, 3.8) is 0 Å². The topological polar surface area (TPSA) is 62.5 Å². The maximum Gasteiger partial charge on any atom is 0.243 e. The van der Waals surface area contributed by atoms with Crippen LogP contribution in [0.4, 0.5) is 5.95 Å². The number of nitrogens with one attached hydrogen (secondary N) is 1. The van der Waals surface area contributed by atoms with Crippen LogP contribution >= 0.6 is 15.9 Å². The van der Waals surface area contributed by atoms with E-state index in [1.807, 2.05) is 18.3 Å². The lowest BCUT2D eigenvalue weighted by atomic mass is 9.85. The summed E-state index contributed by atoms with van der Waals surface area (Å²) in [5.74, 6) is 0.954. The molecular weight excluding hydrogens is 308 g/mol. The van der Waals surface area contributed by atoms with Crippen molar-refractivity contribution < 1.29 is 5.11 Å². The molecule has 0 aromatic carbocycles. The number of fused-ring (bicyclic) bond motifs is 1. The van der Waals surface area contributed by atoms with Crippen LogP contribution in [-0.4, -0.2) is 32.4 Å². The summed E-state index contributed by atoms with van der Waals surface area (Å²) in [7, 11) is 0. The standard InChI is InChI=1S/C13H17BrN4O/c14-10-5-6-12-16-13(17-18(12)7-10)15-11-4-2-1-3-9(11)8-19/h5-7,9,11,19H,1-4,8H2,(H,15,17). The molecule has 5 nitrogen and oxygen atoms in total. The molecule has 6 heteroatoms. The van der Waals surface area contributed by atoms with Gasteiger partial charge in [-0.05, 0) is 40.9 Å². The van der Waals surface area contributed by atoms with Gasteiger partial charge in [0.25, 0.3) is 0 Å². The molecule has 19 heavy (non-hydrogen) atoms. The molecule has 2 aromatic heterocycles. The van der Waals surface area contributed by atoms with E-state index in [4.69, 9.17) is 0 Å². The third kappa shape index (κ3) is 2.74. The van der Waals surface area contributed by atoms with Crippen LogP contribution in [-0.2, 0) is 0 Å². The minimum Gasteiger partial charge on any atom is -0.396 e. The average Bonchev–Trinajstić information content (AvgIpc) is 2.80. The van der Waals surface area contributed by atoms with E-state index >= 15 is 0 Å². The number of pyridine rings is 1. The third-order valence-electron chi connectivity index (χ3n) is 3.75. The number of rotatable bonds is 3. The minimum absolute atomic E-state index is 0.233. The smallest absolute Gasteiger partial charge is 0.243 e. The van der Waals surface area contributed by atoms with E-state index in [-0.39, 0.29) is 12.6 Å². The number of aromatic nitrogens is 3. The summed E-state index contributed by atoms with van der Waals surface area (Å²) in [5.41, 5.74) is 0.821. The Kier molecular flexibility index (Phi) is 3.70. The van der Waals surface area contributed by atoms with Crippen LogP contribution in [0.5, 0.6) is 0 Å². The monoisotopic (exact) mass is 324 g/mol. The molecule has 2 N–H and O–H groups in total. The molecule has 2 heterocycles. The van der Waals surface area contributed by atoms with Crippen molar-refractivity contribution in [2.75, 3.05) is 11.9 Å². The quantitative estimate of drug-likeness (QED) is 0.910. The summed E-state index contributed by atoms with van der Waals surface area (Å²) in [6.07, 6.45) is 6.44. The maximum atomic E-state index is 9.42. The third-order valence-corrected chi connectivity index (χ3v) is 4.22. The molecule has 0 radical (unpaired) electrons. The van der Waals surface area contributed by atoms with Crippen LogP contribution in [0.1, 0.15) is 25.7 Å². The van der Waals surface area contributed by atoms with E-state index in [2.05, 4.69) is 31.3 Å². The fourth-order valence-electron chi connectivity index (χ4n) is 2.70. The van der Waals surface area contributed by atoms with Gasteiger partial charge in [0.05, 0.1) is 0 Å². The number of halogens is 1. The molecule has 1 fully saturated rings. The van der Waals surface area contributed by atoms with Gasteiger partial charge in [-0.1, -0.05) is 12.8 Å². The highest BCUT2D eigenvalue weighted by Gasteiger charge is 2.25. The summed E-state index contributed by atoms with van der Waals surface area (Å²) in [6, 6.07) is 4.15. The number of aliphatic hydroxyl groups excluding tert-OH is 1. The van der Waals surface area contributed by atoms with Crippen LogP contribution in [0.2, 0.25) is 0 Å². The van der Waals surface area contributed by atoms with Gasteiger partial charge >= 0.3 is 0 Å². The molecule has 0 amide bonds. The van der Waals surface area contributed by atoms with Gasteiger partial charge in [0.15, 0.2) is 5.65 Å². The van der Waals surface area contributed by atoms with Crippen molar-refractivity contribution in [3.05, 3.63) is 22.8 Å². The highest BCUT2D eigenvalue weighted by molar-refractivity contribution is 9.10. The summed E-state index contributed by atoms with van der Waals surface area (Å²) < 4.78 is 2.73. The fourth-order valence-corrected chi connectivity index (χ4v) is 3.03. The van der Waals surface area contributed by atoms with Crippen molar-refractivity contribution >= 4 is 27.5 Å². The lowest BCUT2D eigenvalue weighted by Gasteiger charge is -2.30. The summed E-state index contributed by atoms with van der Waals surface area (Å²) in [6.45, 7) is 0.233. The van der Waals surface area contributed by atoms with Crippen molar-refractivity contribution in [1.29, 1.82) is 0 Å². The van der Waals surface area contributed by atoms with Crippen molar-refractivity contribution in [3.8, 4) is 0 Å². The first-order chi connectivity index (χ1) is 9.26. The van der Waals surface area contributed by atoms with Crippen LogP contribution < -0.4 is 5.32 Å². The maximum absolute atomic E-state index is 9.42. The zero-order chi connectivity index (χ0) is 13.2. The molecule has 2 aromatic rings. The number of hydrogen-bond acceptors (Lipinski definition) is 4.